The smallest absolute Gasteiger partial charge is 0.262 e. The predicted molar refractivity (Wildman–Crippen MR) is 95.0 cm³/mol. The number of hydrogen-bond acceptors (Lipinski definition) is 6. The molecular weight excluding hydrogens is 362 g/mol. The summed E-state index contributed by atoms with van der Waals surface area (Å²) in [6.45, 7) is 0.430. The van der Waals surface area contributed by atoms with Gasteiger partial charge in [-0.05, 0) is 17.7 Å². The fourth-order valence-electron chi connectivity index (χ4n) is 3.00. The van der Waals surface area contributed by atoms with Crippen LogP contribution in [0, 0.1) is 11.3 Å². The van der Waals surface area contributed by atoms with Gasteiger partial charge in [-0.1, -0.05) is 23.9 Å². The maximum atomic E-state index is 12.0. The Kier molecular flexibility index (Phi) is 5.01. The number of thioether (sulfide) groups is 1. The maximum Gasteiger partial charge on any atom is 0.262 e. The number of benzene rings is 1. The molecule has 2 atom stereocenters. The van der Waals surface area contributed by atoms with Gasteiger partial charge in [0, 0.05) is 11.8 Å². The van der Waals surface area contributed by atoms with Gasteiger partial charge in [0.05, 0.1) is 30.7 Å². The van der Waals surface area contributed by atoms with Crippen LogP contribution in [-0.4, -0.2) is 54.3 Å². The zero-order chi connectivity index (χ0) is 18.0. The van der Waals surface area contributed by atoms with Gasteiger partial charge in [-0.15, -0.1) is 0 Å². The average molecular weight is 379 g/mol. The molecule has 2 heterocycles. The Labute approximate surface area is 150 Å². The number of nitriles is 1. The predicted octanol–water partition coefficient (Wildman–Crippen LogP) is 1.21. The minimum absolute atomic E-state index is 0.0557. The van der Waals surface area contributed by atoms with Crippen LogP contribution in [0.3, 0.4) is 0 Å². The number of amides is 1. The Morgan fingerprint density at radius 3 is 3.00 bits per heavy atom. The van der Waals surface area contributed by atoms with Crippen LogP contribution in [0.25, 0.3) is 0 Å². The zero-order valence-corrected chi connectivity index (χ0v) is 15.2. The number of nitrogens with zero attached hydrogens (tertiary/aromatic N) is 3. The number of carbonyl (C=O) groups is 1. The summed E-state index contributed by atoms with van der Waals surface area (Å²) in [5, 5.41) is 9.00. The SMILES string of the molecule is COc1cccc(CN2C(=NC(=O)CC#N)SC3CS(=O)(=O)CC32)c1. The van der Waals surface area contributed by atoms with Gasteiger partial charge in [0.2, 0.25) is 0 Å². The number of hydrogen-bond donors (Lipinski definition) is 0. The second-order valence-electron chi connectivity index (χ2n) is 5.90. The number of aliphatic imine (C=N–C) groups is 1. The van der Waals surface area contributed by atoms with E-state index in [0.717, 1.165) is 5.56 Å². The lowest BCUT2D eigenvalue weighted by Crippen LogP contribution is -2.37. The van der Waals surface area contributed by atoms with Crippen molar-refractivity contribution in [3.63, 3.8) is 0 Å². The molecule has 0 radical (unpaired) electrons. The topological polar surface area (TPSA) is 99.8 Å². The van der Waals surface area contributed by atoms with Crippen LogP contribution in [0.5, 0.6) is 5.75 Å². The van der Waals surface area contributed by atoms with Gasteiger partial charge in [0.25, 0.3) is 5.91 Å². The summed E-state index contributed by atoms with van der Waals surface area (Å²) in [7, 11) is -1.50. The highest BCUT2D eigenvalue weighted by molar-refractivity contribution is 8.15. The number of methoxy groups -OCH3 is 1. The van der Waals surface area contributed by atoms with Crippen molar-refractivity contribution < 1.29 is 17.9 Å². The van der Waals surface area contributed by atoms with Gasteiger partial charge < -0.3 is 9.64 Å². The van der Waals surface area contributed by atoms with Crippen molar-refractivity contribution in [3.05, 3.63) is 29.8 Å². The molecule has 9 heteroatoms. The second kappa shape index (κ2) is 7.06. The Bertz CT molecular complexity index is 860. The molecule has 0 spiro atoms. The molecule has 1 amide bonds. The molecule has 0 N–H and O–H groups in total. The van der Waals surface area contributed by atoms with E-state index in [9.17, 15) is 13.2 Å². The van der Waals surface area contributed by atoms with Crippen molar-refractivity contribution in [2.24, 2.45) is 4.99 Å². The van der Waals surface area contributed by atoms with E-state index in [4.69, 9.17) is 10.00 Å². The third-order valence-electron chi connectivity index (χ3n) is 4.11. The molecule has 2 unspecified atom stereocenters. The lowest BCUT2D eigenvalue weighted by molar-refractivity contribution is -0.116. The number of rotatable bonds is 4. The first-order chi connectivity index (χ1) is 11.9. The maximum absolute atomic E-state index is 12.0. The Morgan fingerprint density at radius 1 is 1.48 bits per heavy atom. The van der Waals surface area contributed by atoms with Crippen LogP contribution in [0.4, 0.5) is 0 Å². The van der Waals surface area contributed by atoms with E-state index in [1.807, 2.05) is 29.2 Å². The molecule has 7 nitrogen and oxygen atoms in total. The van der Waals surface area contributed by atoms with Crippen LogP contribution in [0.2, 0.25) is 0 Å². The molecule has 2 aliphatic rings. The summed E-state index contributed by atoms with van der Waals surface area (Å²) in [6, 6.07) is 9.05. The summed E-state index contributed by atoms with van der Waals surface area (Å²) >= 11 is 1.31. The van der Waals surface area contributed by atoms with Crippen molar-refractivity contribution in [1.29, 1.82) is 5.26 Å². The first-order valence-corrected chi connectivity index (χ1v) is 10.4. The van der Waals surface area contributed by atoms with Crippen LogP contribution < -0.4 is 4.74 Å². The summed E-state index contributed by atoms with van der Waals surface area (Å²) in [5.41, 5.74) is 0.935. The van der Waals surface area contributed by atoms with E-state index < -0.39 is 15.7 Å². The first-order valence-electron chi connectivity index (χ1n) is 7.67. The number of fused-ring (bicyclic) bond motifs is 1. The molecule has 3 rings (SSSR count). The highest BCUT2D eigenvalue weighted by Gasteiger charge is 2.48. The molecule has 0 bridgehead atoms. The van der Waals surface area contributed by atoms with Crippen LogP contribution in [0.1, 0.15) is 12.0 Å². The van der Waals surface area contributed by atoms with Crippen molar-refractivity contribution in [2.45, 2.75) is 24.3 Å². The first kappa shape index (κ1) is 17.8. The summed E-state index contributed by atoms with van der Waals surface area (Å²) in [4.78, 5) is 17.7. The van der Waals surface area contributed by atoms with Crippen LogP contribution in [0.15, 0.2) is 29.3 Å². The van der Waals surface area contributed by atoms with E-state index in [0.29, 0.717) is 17.5 Å². The summed E-state index contributed by atoms with van der Waals surface area (Å²) < 4.78 is 29.2. The van der Waals surface area contributed by atoms with Crippen molar-refractivity contribution >= 4 is 32.7 Å². The number of carbonyl (C=O) groups excluding carboxylic acids is 1. The molecule has 2 fully saturated rings. The Hall–Kier alpha value is -2.05. The lowest BCUT2D eigenvalue weighted by atomic mass is 10.1. The third-order valence-corrected chi connectivity index (χ3v) is 7.36. The lowest BCUT2D eigenvalue weighted by Gasteiger charge is -2.24. The van der Waals surface area contributed by atoms with Gasteiger partial charge >= 0.3 is 0 Å². The van der Waals surface area contributed by atoms with E-state index in [-0.39, 0.29) is 29.2 Å². The highest BCUT2D eigenvalue weighted by Crippen LogP contribution is 2.39. The van der Waals surface area contributed by atoms with Crippen LogP contribution >= 0.6 is 11.8 Å². The second-order valence-corrected chi connectivity index (χ2v) is 9.26. The average Bonchev–Trinajstić information content (AvgIpc) is 3.01. The van der Waals surface area contributed by atoms with Gasteiger partial charge in [0.1, 0.15) is 12.2 Å². The molecule has 0 saturated carbocycles. The molecule has 2 saturated heterocycles. The van der Waals surface area contributed by atoms with Gasteiger partial charge in [-0.3, -0.25) is 4.79 Å². The molecular formula is C16H17N3O4S2. The minimum atomic E-state index is -3.09. The fourth-order valence-corrected chi connectivity index (χ4v) is 6.97. The number of sulfone groups is 1. The molecule has 1 aromatic rings. The summed E-state index contributed by atoms with van der Waals surface area (Å²) in [6.07, 6.45) is -0.287. The van der Waals surface area contributed by atoms with Crippen molar-refractivity contribution in [3.8, 4) is 11.8 Å². The Balaban J connectivity index is 1.89. The van der Waals surface area contributed by atoms with Gasteiger partial charge in [-0.2, -0.15) is 10.3 Å². The largest absolute Gasteiger partial charge is 0.497 e. The normalized spacial score (nSPS) is 25.6. The third kappa shape index (κ3) is 3.96. The number of amidine groups is 1. The van der Waals surface area contributed by atoms with Crippen molar-refractivity contribution in [2.75, 3.05) is 18.6 Å². The Morgan fingerprint density at radius 2 is 2.28 bits per heavy atom. The molecule has 132 valence electrons. The molecule has 25 heavy (non-hydrogen) atoms. The van der Waals surface area contributed by atoms with Gasteiger partial charge in [0.15, 0.2) is 15.0 Å². The van der Waals surface area contributed by atoms with Crippen LogP contribution in [-0.2, 0) is 21.2 Å². The van der Waals surface area contributed by atoms with E-state index in [1.54, 1.807) is 13.2 Å². The quantitative estimate of drug-likeness (QED) is 0.775. The van der Waals surface area contributed by atoms with Crippen molar-refractivity contribution in [1.82, 2.24) is 4.90 Å². The van der Waals surface area contributed by atoms with E-state index in [2.05, 4.69) is 4.99 Å². The molecule has 1 aromatic carbocycles. The molecule has 0 aliphatic carbocycles. The zero-order valence-electron chi connectivity index (χ0n) is 13.6. The minimum Gasteiger partial charge on any atom is -0.497 e. The monoisotopic (exact) mass is 379 g/mol. The van der Waals surface area contributed by atoms with Gasteiger partial charge in [-0.25, -0.2) is 8.42 Å². The highest BCUT2D eigenvalue weighted by atomic mass is 32.2. The molecule has 0 aromatic heterocycles. The molecule has 2 aliphatic heterocycles. The fraction of sp³-hybridized carbons (Fsp3) is 0.438. The number of ether oxygens (including phenoxy) is 1. The summed E-state index contributed by atoms with van der Waals surface area (Å²) in [5.74, 6) is 0.338. The standard InChI is InChI=1S/C16H17N3O4S2/c1-23-12-4-2-3-11(7-12)8-19-13-9-25(21,22)10-14(13)24-16(19)18-15(20)5-6-17/h2-4,7,13-14H,5,8-10H2,1H3. The van der Waals surface area contributed by atoms with E-state index >= 15 is 0 Å². The van der Waals surface area contributed by atoms with E-state index in [1.165, 1.54) is 11.8 Å².